The van der Waals surface area contributed by atoms with Crippen molar-refractivity contribution in [3.8, 4) is 11.1 Å². The van der Waals surface area contributed by atoms with Gasteiger partial charge in [0.2, 0.25) is 5.91 Å². The molecule has 178 valence electrons. The number of nitrogens with one attached hydrogen (secondary N) is 1. The summed E-state index contributed by atoms with van der Waals surface area (Å²) in [7, 11) is 0. The summed E-state index contributed by atoms with van der Waals surface area (Å²) in [6.07, 6.45) is 2.78. The molecule has 1 aliphatic heterocycles. The van der Waals surface area contributed by atoms with Gasteiger partial charge in [-0.3, -0.25) is 9.59 Å². The fourth-order valence-corrected chi connectivity index (χ4v) is 5.74. The minimum atomic E-state index is -0.817. The van der Waals surface area contributed by atoms with Crippen molar-refractivity contribution in [3.05, 3.63) is 59.7 Å². The fraction of sp³-hybridized carbons (Fsp3) is 0.444. The first-order valence-corrected chi connectivity index (χ1v) is 12.1. The standard InChI is InChI=1S/C27H30N2O5/c30-25(31)12-17-14-29(15-17)26(32)18-6-5-7-19(13-18)28-27(33)34-16-24-22-10-3-1-8-20(22)21-9-2-4-11-23(21)24/h1-4,8-11,17-19,24H,5-7,12-16H2,(H,28,33)(H,30,31). The van der Waals surface area contributed by atoms with Gasteiger partial charge in [-0.05, 0) is 41.5 Å². The van der Waals surface area contributed by atoms with Crippen LogP contribution in [0.5, 0.6) is 0 Å². The van der Waals surface area contributed by atoms with Crippen molar-refractivity contribution in [2.75, 3.05) is 19.7 Å². The summed E-state index contributed by atoms with van der Waals surface area (Å²) in [5, 5.41) is 11.9. The first kappa shape index (κ1) is 22.4. The summed E-state index contributed by atoms with van der Waals surface area (Å²) in [6, 6.07) is 16.4. The van der Waals surface area contributed by atoms with Crippen LogP contribution in [0.1, 0.15) is 49.1 Å². The molecule has 2 atom stereocenters. The van der Waals surface area contributed by atoms with Crippen LogP contribution in [0.3, 0.4) is 0 Å². The highest BCUT2D eigenvalue weighted by Gasteiger charge is 2.37. The summed E-state index contributed by atoms with van der Waals surface area (Å²) >= 11 is 0. The minimum absolute atomic E-state index is 0.0176. The average Bonchev–Trinajstić information content (AvgIpc) is 3.13. The van der Waals surface area contributed by atoms with E-state index in [1.165, 1.54) is 22.3 Å². The Hall–Kier alpha value is -3.35. The van der Waals surface area contributed by atoms with Gasteiger partial charge in [-0.15, -0.1) is 0 Å². The van der Waals surface area contributed by atoms with Crippen LogP contribution in [0, 0.1) is 11.8 Å². The van der Waals surface area contributed by atoms with Crippen LogP contribution in [0.4, 0.5) is 4.79 Å². The molecule has 7 heteroatoms. The smallest absolute Gasteiger partial charge is 0.407 e. The topological polar surface area (TPSA) is 95.9 Å². The predicted octanol–water partition coefficient (Wildman–Crippen LogP) is 4.02. The molecular formula is C27H30N2O5. The zero-order valence-corrected chi connectivity index (χ0v) is 19.1. The number of fused-ring (bicyclic) bond motifs is 3. The van der Waals surface area contributed by atoms with Crippen LogP contribution in [0.2, 0.25) is 0 Å². The van der Waals surface area contributed by atoms with Gasteiger partial charge >= 0.3 is 12.1 Å². The van der Waals surface area contributed by atoms with E-state index in [-0.39, 0.29) is 42.7 Å². The number of hydrogen-bond acceptors (Lipinski definition) is 4. The Bertz CT molecular complexity index is 1050. The Labute approximate surface area is 199 Å². The number of alkyl carbamates (subject to hydrolysis) is 1. The van der Waals surface area contributed by atoms with Gasteiger partial charge < -0.3 is 20.1 Å². The molecule has 2 amide bonds. The number of carboxylic acids is 1. The van der Waals surface area contributed by atoms with E-state index in [0.29, 0.717) is 19.5 Å². The summed E-state index contributed by atoms with van der Waals surface area (Å²) in [5.74, 6) is -0.787. The minimum Gasteiger partial charge on any atom is -0.481 e. The third-order valence-corrected chi connectivity index (χ3v) is 7.42. The molecule has 1 heterocycles. The molecule has 2 aromatic carbocycles. The average molecular weight is 463 g/mol. The Morgan fingerprint density at radius 3 is 2.26 bits per heavy atom. The molecule has 0 spiro atoms. The highest BCUT2D eigenvalue weighted by Crippen LogP contribution is 2.44. The molecular weight excluding hydrogens is 432 g/mol. The Morgan fingerprint density at radius 2 is 1.62 bits per heavy atom. The lowest BCUT2D eigenvalue weighted by molar-refractivity contribution is -0.148. The lowest BCUT2D eigenvalue weighted by Gasteiger charge is -2.42. The summed E-state index contributed by atoms with van der Waals surface area (Å²) < 4.78 is 5.67. The van der Waals surface area contributed by atoms with E-state index in [0.717, 1.165) is 19.3 Å². The van der Waals surface area contributed by atoms with E-state index < -0.39 is 12.1 Å². The quantitative estimate of drug-likeness (QED) is 0.676. The monoisotopic (exact) mass is 462 g/mol. The van der Waals surface area contributed by atoms with Gasteiger partial charge in [0.15, 0.2) is 0 Å². The summed E-state index contributed by atoms with van der Waals surface area (Å²) in [5.41, 5.74) is 4.74. The number of aliphatic carboxylic acids is 1. The fourth-order valence-electron chi connectivity index (χ4n) is 5.74. The van der Waals surface area contributed by atoms with E-state index in [1.807, 2.05) is 24.3 Å². The number of amides is 2. The number of carbonyl (C=O) groups is 3. The van der Waals surface area contributed by atoms with Crippen molar-refractivity contribution in [2.45, 2.75) is 44.1 Å². The zero-order chi connectivity index (χ0) is 23.7. The van der Waals surface area contributed by atoms with Crippen LogP contribution < -0.4 is 5.32 Å². The van der Waals surface area contributed by atoms with Crippen molar-refractivity contribution in [2.24, 2.45) is 11.8 Å². The molecule has 0 bridgehead atoms. The second-order valence-corrected chi connectivity index (χ2v) is 9.74. The maximum absolute atomic E-state index is 12.8. The first-order chi connectivity index (χ1) is 16.5. The normalized spacial score (nSPS) is 21.8. The molecule has 3 aliphatic rings. The number of likely N-dealkylation sites (tertiary alicyclic amines) is 1. The maximum Gasteiger partial charge on any atom is 0.407 e. The van der Waals surface area contributed by atoms with Gasteiger partial charge in [-0.25, -0.2) is 4.79 Å². The highest BCUT2D eigenvalue weighted by molar-refractivity contribution is 5.81. The number of ether oxygens (including phenoxy) is 1. The zero-order valence-electron chi connectivity index (χ0n) is 19.1. The van der Waals surface area contributed by atoms with Crippen molar-refractivity contribution >= 4 is 18.0 Å². The summed E-state index contributed by atoms with van der Waals surface area (Å²) in [6.45, 7) is 1.31. The second kappa shape index (κ2) is 9.49. The number of rotatable bonds is 6. The van der Waals surface area contributed by atoms with E-state index in [4.69, 9.17) is 9.84 Å². The van der Waals surface area contributed by atoms with E-state index >= 15 is 0 Å². The van der Waals surface area contributed by atoms with E-state index in [1.54, 1.807) is 4.90 Å². The van der Waals surface area contributed by atoms with Crippen molar-refractivity contribution in [1.29, 1.82) is 0 Å². The van der Waals surface area contributed by atoms with Crippen LogP contribution in [0.15, 0.2) is 48.5 Å². The molecule has 34 heavy (non-hydrogen) atoms. The van der Waals surface area contributed by atoms with Gasteiger partial charge in [0.25, 0.3) is 0 Å². The Morgan fingerprint density at radius 1 is 0.971 bits per heavy atom. The lowest BCUT2D eigenvalue weighted by atomic mass is 9.83. The number of benzene rings is 2. The molecule has 2 fully saturated rings. The molecule has 7 nitrogen and oxygen atoms in total. The molecule has 1 saturated carbocycles. The third-order valence-electron chi connectivity index (χ3n) is 7.42. The van der Waals surface area contributed by atoms with Gasteiger partial charge in [-0.1, -0.05) is 55.0 Å². The van der Waals surface area contributed by atoms with Crippen molar-refractivity contribution < 1.29 is 24.2 Å². The first-order valence-electron chi connectivity index (χ1n) is 12.1. The van der Waals surface area contributed by atoms with Gasteiger partial charge in [-0.2, -0.15) is 0 Å². The van der Waals surface area contributed by atoms with Crippen molar-refractivity contribution in [3.63, 3.8) is 0 Å². The number of carbonyl (C=O) groups excluding carboxylic acids is 2. The van der Waals surface area contributed by atoms with Crippen LogP contribution in [-0.4, -0.2) is 53.7 Å². The van der Waals surface area contributed by atoms with Gasteiger partial charge in [0, 0.05) is 36.9 Å². The largest absolute Gasteiger partial charge is 0.481 e. The van der Waals surface area contributed by atoms with Gasteiger partial charge in [0.05, 0.1) is 6.42 Å². The number of nitrogens with zero attached hydrogens (tertiary/aromatic N) is 1. The number of hydrogen-bond donors (Lipinski definition) is 2. The molecule has 1 saturated heterocycles. The maximum atomic E-state index is 12.8. The SMILES string of the molecule is O=C(O)CC1CN(C(=O)C2CCCC(NC(=O)OCC3c4ccccc4-c4ccccc43)C2)C1. The summed E-state index contributed by atoms with van der Waals surface area (Å²) in [4.78, 5) is 38.0. The van der Waals surface area contributed by atoms with Crippen LogP contribution in [-0.2, 0) is 14.3 Å². The Balaban J connectivity index is 1.13. The molecule has 0 aromatic heterocycles. The highest BCUT2D eigenvalue weighted by atomic mass is 16.5. The number of carboxylic acid groups (broad SMARTS) is 1. The van der Waals surface area contributed by atoms with Crippen molar-refractivity contribution in [1.82, 2.24) is 10.2 Å². The molecule has 5 rings (SSSR count). The van der Waals surface area contributed by atoms with Crippen LogP contribution >= 0.6 is 0 Å². The molecule has 2 aromatic rings. The predicted molar refractivity (Wildman–Crippen MR) is 126 cm³/mol. The van der Waals surface area contributed by atoms with Crippen LogP contribution in [0.25, 0.3) is 11.1 Å². The van der Waals surface area contributed by atoms with Gasteiger partial charge in [0.1, 0.15) is 6.61 Å². The lowest BCUT2D eigenvalue weighted by Crippen LogP contribution is -2.53. The Kier molecular flexibility index (Phi) is 6.26. The molecule has 2 unspecified atom stereocenters. The van der Waals surface area contributed by atoms with E-state index in [2.05, 4.69) is 29.6 Å². The molecule has 2 aliphatic carbocycles. The third kappa shape index (κ3) is 4.52. The van der Waals surface area contributed by atoms with E-state index in [9.17, 15) is 14.4 Å². The molecule has 0 radical (unpaired) electrons. The second-order valence-electron chi connectivity index (χ2n) is 9.74. The molecule has 2 N–H and O–H groups in total.